The van der Waals surface area contributed by atoms with Gasteiger partial charge in [0.2, 0.25) is 5.91 Å². The van der Waals surface area contributed by atoms with Crippen molar-refractivity contribution < 1.29 is 9.53 Å². The van der Waals surface area contributed by atoms with Crippen molar-refractivity contribution in [3.05, 3.63) is 65.7 Å². The van der Waals surface area contributed by atoms with Gasteiger partial charge in [-0.05, 0) is 56.4 Å². The molecule has 0 aromatic heterocycles. The first kappa shape index (κ1) is 17.1. The summed E-state index contributed by atoms with van der Waals surface area (Å²) in [4.78, 5) is 14.1. The number of amides is 1. The summed E-state index contributed by atoms with van der Waals surface area (Å²) in [5.74, 6) is 0.331. The molecule has 2 fully saturated rings. The topological polar surface area (TPSA) is 55.6 Å². The minimum Gasteiger partial charge on any atom is -0.490 e. The smallest absolute Gasteiger partial charge is 0.248 e. The molecule has 0 radical (unpaired) electrons. The number of benzene rings is 2. The second-order valence-corrected chi connectivity index (χ2v) is 7.52. The first-order valence-electron chi connectivity index (χ1n) is 9.50. The van der Waals surface area contributed by atoms with Crippen LogP contribution in [0.2, 0.25) is 0 Å². The molecule has 2 aromatic carbocycles. The van der Waals surface area contributed by atoms with Gasteiger partial charge in [0.15, 0.2) is 0 Å². The molecular weight excluding hydrogens is 324 g/mol. The van der Waals surface area contributed by atoms with Crippen LogP contribution < -0.4 is 10.5 Å². The highest BCUT2D eigenvalue weighted by atomic mass is 16.5. The second-order valence-electron chi connectivity index (χ2n) is 7.52. The SMILES string of the molecule is C[C@H](c1ccccc1)N1[C@@H]2CC[C@H]1CC(Oc1cccc(C(N)=O)c1)C2. The summed E-state index contributed by atoms with van der Waals surface area (Å²) in [6.45, 7) is 2.32. The number of piperidine rings is 1. The van der Waals surface area contributed by atoms with Gasteiger partial charge in [0.1, 0.15) is 11.9 Å². The van der Waals surface area contributed by atoms with E-state index in [0.29, 0.717) is 23.7 Å². The molecule has 4 nitrogen and oxygen atoms in total. The first-order valence-corrected chi connectivity index (χ1v) is 9.50. The third kappa shape index (κ3) is 3.34. The third-order valence-electron chi connectivity index (χ3n) is 5.90. The minimum atomic E-state index is -0.415. The lowest BCUT2D eigenvalue weighted by atomic mass is 9.95. The zero-order valence-corrected chi connectivity index (χ0v) is 15.2. The quantitative estimate of drug-likeness (QED) is 0.889. The number of hydrogen-bond acceptors (Lipinski definition) is 3. The Bertz CT molecular complexity index is 763. The number of carbonyl (C=O) groups excluding carboxylic acids is 1. The van der Waals surface area contributed by atoms with Gasteiger partial charge in [0.05, 0.1) is 0 Å². The third-order valence-corrected chi connectivity index (χ3v) is 5.90. The van der Waals surface area contributed by atoms with E-state index in [1.165, 1.54) is 18.4 Å². The van der Waals surface area contributed by atoms with Gasteiger partial charge in [0, 0.05) is 23.7 Å². The number of hydrogen-bond donors (Lipinski definition) is 1. The van der Waals surface area contributed by atoms with Crippen molar-refractivity contribution in [2.75, 3.05) is 0 Å². The van der Waals surface area contributed by atoms with Crippen LogP contribution in [-0.2, 0) is 0 Å². The van der Waals surface area contributed by atoms with Gasteiger partial charge < -0.3 is 10.5 Å². The molecule has 2 N–H and O–H groups in total. The highest BCUT2D eigenvalue weighted by Crippen LogP contribution is 2.42. The van der Waals surface area contributed by atoms with E-state index >= 15 is 0 Å². The van der Waals surface area contributed by atoms with Crippen LogP contribution in [0, 0.1) is 0 Å². The summed E-state index contributed by atoms with van der Waals surface area (Å²) >= 11 is 0. The minimum absolute atomic E-state index is 0.204. The first-order chi connectivity index (χ1) is 12.6. The molecule has 2 bridgehead atoms. The largest absolute Gasteiger partial charge is 0.490 e. The highest BCUT2D eigenvalue weighted by Gasteiger charge is 2.43. The Hall–Kier alpha value is -2.33. The molecule has 1 unspecified atom stereocenters. The van der Waals surface area contributed by atoms with Crippen molar-refractivity contribution in [1.29, 1.82) is 0 Å². The number of ether oxygens (including phenoxy) is 1. The predicted octanol–water partition coefficient (Wildman–Crippen LogP) is 3.92. The predicted molar refractivity (Wildman–Crippen MR) is 102 cm³/mol. The maximum atomic E-state index is 11.4. The normalized spacial score (nSPS) is 26.4. The van der Waals surface area contributed by atoms with Gasteiger partial charge >= 0.3 is 0 Å². The number of rotatable bonds is 5. The Balaban J connectivity index is 1.45. The summed E-state index contributed by atoms with van der Waals surface area (Å²) in [5, 5.41) is 0. The Morgan fingerprint density at radius 2 is 1.77 bits per heavy atom. The molecule has 4 rings (SSSR count). The maximum Gasteiger partial charge on any atom is 0.248 e. The van der Waals surface area contributed by atoms with E-state index in [1.54, 1.807) is 12.1 Å². The molecule has 4 atom stereocenters. The van der Waals surface area contributed by atoms with E-state index in [9.17, 15) is 4.79 Å². The van der Waals surface area contributed by atoms with Crippen molar-refractivity contribution in [2.24, 2.45) is 5.73 Å². The van der Waals surface area contributed by atoms with Crippen LogP contribution >= 0.6 is 0 Å². The molecule has 0 spiro atoms. The van der Waals surface area contributed by atoms with Crippen LogP contribution in [0.3, 0.4) is 0 Å². The molecule has 2 aromatic rings. The Morgan fingerprint density at radius 1 is 1.08 bits per heavy atom. The number of carbonyl (C=O) groups is 1. The molecule has 0 aliphatic carbocycles. The van der Waals surface area contributed by atoms with Gasteiger partial charge in [-0.3, -0.25) is 9.69 Å². The van der Waals surface area contributed by atoms with Gasteiger partial charge in [-0.25, -0.2) is 0 Å². The van der Waals surface area contributed by atoms with Gasteiger partial charge in [-0.1, -0.05) is 36.4 Å². The average molecular weight is 350 g/mol. The molecule has 2 saturated heterocycles. The van der Waals surface area contributed by atoms with E-state index in [0.717, 1.165) is 18.6 Å². The average Bonchev–Trinajstić information content (AvgIpc) is 2.92. The van der Waals surface area contributed by atoms with Crippen LogP contribution in [0.4, 0.5) is 0 Å². The van der Waals surface area contributed by atoms with Crippen molar-refractivity contribution in [3.63, 3.8) is 0 Å². The number of fused-ring (bicyclic) bond motifs is 2. The zero-order chi connectivity index (χ0) is 18.1. The zero-order valence-electron chi connectivity index (χ0n) is 15.2. The molecular formula is C22H26N2O2. The van der Waals surface area contributed by atoms with Gasteiger partial charge in [-0.2, -0.15) is 0 Å². The standard InChI is InChI=1S/C22H26N2O2/c1-15(16-6-3-2-4-7-16)24-18-10-11-19(24)14-21(13-18)26-20-9-5-8-17(12-20)22(23)25/h2-9,12,15,18-19,21H,10-11,13-14H2,1H3,(H2,23,25)/t15-,18-,19+,21?/m1/s1. The van der Waals surface area contributed by atoms with Crippen LogP contribution in [0.5, 0.6) is 5.75 Å². The van der Waals surface area contributed by atoms with E-state index in [1.807, 2.05) is 12.1 Å². The number of nitrogens with two attached hydrogens (primary N) is 1. The molecule has 0 saturated carbocycles. The molecule has 26 heavy (non-hydrogen) atoms. The van der Waals surface area contributed by atoms with Crippen LogP contribution in [0.15, 0.2) is 54.6 Å². The number of nitrogens with zero attached hydrogens (tertiary/aromatic N) is 1. The summed E-state index contributed by atoms with van der Waals surface area (Å²) in [6.07, 6.45) is 4.75. The van der Waals surface area contributed by atoms with Crippen LogP contribution in [0.1, 0.15) is 54.6 Å². The molecule has 2 aliphatic rings. The molecule has 2 heterocycles. The number of primary amides is 1. The van der Waals surface area contributed by atoms with Crippen molar-refractivity contribution in [2.45, 2.75) is 56.8 Å². The Labute approximate surface area is 155 Å². The van der Waals surface area contributed by atoms with Crippen LogP contribution in [0.25, 0.3) is 0 Å². The fourth-order valence-electron chi connectivity index (χ4n) is 4.71. The monoisotopic (exact) mass is 350 g/mol. The lowest BCUT2D eigenvalue weighted by Gasteiger charge is -2.42. The lowest BCUT2D eigenvalue weighted by Crippen LogP contribution is -2.47. The van der Waals surface area contributed by atoms with Gasteiger partial charge in [-0.15, -0.1) is 0 Å². The fraction of sp³-hybridized carbons (Fsp3) is 0.409. The summed E-state index contributed by atoms with van der Waals surface area (Å²) in [6, 6.07) is 19.5. The van der Waals surface area contributed by atoms with E-state index < -0.39 is 5.91 Å². The Morgan fingerprint density at radius 3 is 2.42 bits per heavy atom. The summed E-state index contributed by atoms with van der Waals surface area (Å²) in [7, 11) is 0. The molecule has 4 heteroatoms. The van der Waals surface area contributed by atoms with Crippen molar-refractivity contribution in [3.8, 4) is 5.75 Å². The Kier molecular flexibility index (Phi) is 4.68. The summed E-state index contributed by atoms with van der Waals surface area (Å²) < 4.78 is 6.23. The highest BCUT2D eigenvalue weighted by molar-refractivity contribution is 5.93. The van der Waals surface area contributed by atoms with Gasteiger partial charge in [0.25, 0.3) is 0 Å². The maximum absolute atomic E-state index is 11.4. The van der Waals surface area contributed by atoms with Crippen molar-refractivity contribution >= 4 is 5.91 Å². The molecule has 136 valence electrons. The van der Waals surface area contributed by atoms with Crippen LogP contribution in [-0.4, -0.2) is 29.0 Å². The second kappa shape index (κ2) is 7.12. The van der Waals surface area contributed by atoms with E-state index in [4.69, 9.17) is 10.5 Å². The van der Waals surface area contributed by atoms with E-state index in [-0.39, 0.29) is 6.10 Å². The summed E-state index contributed by atoms with van der Waals surface area (Å²) in [5.41, 5.74) is 7.26. The molecule has 2 aliphatic heterocycles. The van der Waals surface area contributed by atoms with E-state index in [2.05, 4.69) is 42.2 Å². The van der Waals surface area contributed by atoms with Crippen molar-refractivity contribution in [1.82, 2.24) is 4.90 Å². The molecule has 1 amide bonds. The lowest BCUT2D eigenvalue weighted by molar-refractivity contribution is 0.0254. The fourth-order valence-corrected chi connectivity index (χ4v) is 4.71.